The molecule has 0 saturated heterocycles. The second-order valence-electron chi connectivity index (χ2n) is 5.19. The molecule has 17 heavy (non-hydrogen) atoms. The number of hydrogen-bond acceptors (Lipinski definition) is 4. The van der Waals surface area contributed by atoms with Crippen molar-refractivity contribution in [1.82, 2.24) is 9.97 Å². The molecule has 1 heterocycles. The maximum absolute atomic E-state index is 5.91. The Kier molecular flexibility index (Phi) is 3.62. The highest BCUT2D eigenvalue weighted by Gasteiger charge is 2.32. The molecule has 0 amide bonds. The minimum Gasteiger partial charge on any atom is -0.368 e. The molecule has 1 aromatic rings. The zero-order valence-corrected chi connectivity index (χ0v) is 10.8. The van der Waals surface area contributed by atoms with Gasteiger partial charge in [0.25, 0.3) is 0 Å². The third kappa shape index (κ3) is 2.75. The van der Waals surface area contributed by atoms with Gasteiger partial charge in [0.05, 0.1) is 17.6 Å². The highest BCUT2D eigenvalue weighted by molar-refractivity contribution is 5.33. The second-order valence-corrected chi connectivity index (χ2v) is 5.19. The Morgan fingerprint density at radius 2 is 2.00 bits per heavy atom. The molecular weight excluding hydrogens is 212 g/mol. The van der Waals surface area contributed by atoms with Crippen LogP contribution in [0.4, 0.5) is 5.82 Å². The Labute approximate surface area is 103 Å². The molecule has 94 valence electrons. The quantitative estimate of drug-likeness (QED) is 0.836. The molecule has 4 heteroatoms. The van der Waals surface area contributed by atoms with Gasteiger partial charge in [-0.05, 0) is 38.6 Å². The molecule has 0 spiro atoms. The molecular formula is C13H22N4. The van der Waals surface area contributed by atoms with E-state index >= 15 is 0 Å². The van der Waals surface area contributed by atoms with Crippen LogP contribution in [0.3, 0.4) is 0 Å². The van der Waals surface area contributed by atoms with Crippen molar-refractivity contribution >= 4 is 5.82 Å². The van der Waals surface area contributed by atoms with Crippen molar-refractivity contribution in [3.05, 3.63) is 17.6 Å². The Hall–Kier alpha value is -1.16. The van der Waals surface area contributed by atoms with Crippen LogP contribution < -0.4 is 11.1 Å². The van der Waals surface area contributed by atoms with E-state index in [1.165, 1.54) is 25.7 Å². The number of rotatable bonds is 4. The van der Waals surface area contributed by atoms with E-state index in [-0.39, 0.29) is 5.41 Å². The standard InChI is InChI=1S/C13H22N4/c1-10-11(2)17-12(7-15-10)16-9-13(8-14)5-3-4-6-13/h7H,3-6,8-9,14H2,1-2H3,(H,16,17). The van der Waals surface area contributed by atoms with E-state index in [9.17, 15) is 0 Å². The first-order valence-electron chi connectivity index (χ1n) is 6.39. The zero-order valence-electron chi connectivity index (χ0n) is 10.8. The van der Waals surface area contributed by atoms with E-state index in [0.717, 1.165) is 30.3 Å². The molecule has 3 N–H and O–H groups in total. The van der Waals surface area contributed by atoms with E-state index in [1.807, 2.05) is 20.0 Å². The van der Waals surface area contributed by atoms with Crippen LogP contribution in [0.5, 0.6) is 0 Å². The molecule has 1 fully saturated rings. The first kappa shape index (κ1) is 12.3. The van der Waals surface area contributed by atoms with Crippen molar-refractivity contribution < 1.29 is 0 Å². The van der Waals surface area contributed by atoms with Gasteiger partial charge in [-0.15, -0.1) is 0 Å². The van der Waals surface area contributed by atoms with Crippen molar-refractivity contribution in [3.8, 4) is 0 Å². The normalized spacial score (nSPS) is 18.3. The van der Waals surface area contributed by atoms with E-state index in [4.69, 9.17) is 5.73 Å². The summed E-state index contributed by atoms with van der Waals surface area (Å²) in [6.07, 6.45) is 6.88. The van der Waals surface area contributed by atoms with Crippen LogP contribution >= 0.6 is 0 Å². The lowest BCUT2D eigenvalue weighted by Crippen LogP contribution is -2.34. The predicted molar refractivity (Wildman–Crippen MR) is 70.0 cm³/mol. The van der Waals surface area contributed by atoms with Crippen LogP contribution in [0.15, 0.2) is 6.20 Å². The molecule has 0 radical (unpaired) electrons. The minimum absolute atomic E-state index is 0.278. The molecule has 0 bridgehead atoms. The first-order valence-corrected chi connectivity index (χ1v) is 6.39. The minimum atomic E-state index is 0.278. The molecule has 4 nitrogen and oxygen atoms in total. The van der Waals surface area contributed by atoms with Gasteiger partial charge >= 0.3 is 0 Å². The number of aromatic nitrogens is 2. The lowest BCUT2D eigenvalue weighted by molar-refractivity contribution is 0.332. The summed E-state index contributed by atoms with van der Waals surface area (Å²) in [6.45, 7) is 5.64. The highest BCUT2D eigenvalue weighted by Crippen LogP contribution is 2.37. The van der Waals surface area contributed by atoms with E-state index in [0.29, 0.717) is 0 Å². The van der Waals surface area contributed by atoms with Gasteiger partial charge in [-0.25, -0.2) is 4.98 Å². The van der Waals surface area contributed by atoms with Crippen molar-refractivity contribution in [3.63, 3.8) is 0 Å². The Bertz CT molecular complexity index is 383. The fraction of sp³-hybridized carbons (Fsp3) is 0.692. The number of anilines is 1. The molecule has 1 aliphatic carbocycles. The molecule has 1 aromatic heterocycles. The largest absolute Gasteiger partial charge is 0.368 e. The number of nitrogens with two attached hydrogens (primary N) is 1. The summed E-state index contributed by atoms with van der Waals surface area (Å²) in [7, 11) is 0. The van der Waals surface area contributed by atoms with Gasteiger partial charge in [0.15, 0.2) is 0 Å². The van der Waals surface area contributed by atoms with Gasteiger partial charge in [0.1, 0.15) is 5.82 Å². The molecule has 2 rings (SSSR count). The summed E-state index contributed by atoms with van der Waals surface area (Å²) < 4.78 is 0. The first-order chi connectivity index (χ1) is 8.15. The van der Waals surface area contributed by atoms with Gasteiger partial charge < -0.3 is 11.1 Å². The van der Waals surface area contributed by atoms with Crippen LogP contribution in [0, 0.1) is 19.3 Å². The third-order valence-corrected chi connectivity index (χ3v) is 3.93. The monoisotopic (exact) mass is 234 g/mol. The van der Waals surface area contributed by atoms with Gasteiger partial charge in [-0.3, -0.25) is 4.98 Å². The SMILES string of the molecule is Cc1ncc(NCC2(CN)CCCC2)nc1C. The van der Waals surface area contributed by atoms with Crippen LogP contribution in [0.25, 0.3) is 0 Å². The molecule has 0 atom stereocenters. The molecule has 0 unspecified atom stereocenters. The van der Waals surface area contributed by atoms with Crippen molar-refractivity contribution in [2.45, 2.75) is 39.5 Å². The van der Waals surface area contributed by atoms with Gasteiger partial charge in [0, 0.05) is 6.54 Å². The number of hydrogen-bond donors (Lipinski definition) is 2. The molecule has 1 saturated carbocycles. The number of nitrogens with zero attached hydrogens (tertiary/aromatic N) is 2. The summed E-state index contributed by atoms with van der Waals surface area (Å²) in [4.78, 5) is 8.80. The topological polar surface area (TPSA) is 63.8 Å². The van der Waals surface area contributed by atoms with Gasteiger partial charge in [-0.1, -0.05) is 12.8 Å². The summed E-state index contributed by atoms with van der Waals surface area (Å²) in [5.41, 5.74) is 8.17. The average molecular weight is 234 g/mol. The van der Waals surface area contributed by atoms with E-state index in [2.05, 4.69) is 15.3 Å². The van der Waals surface area contributed by atoms with Crippen LogP contribution in [0.2, 0.25) is 0 Å². The Balaban J connectivity index is 1.99. The summed E-state index contributed by atoms with van der Waals surface area (Å²) in [5, 5.41) is 3.39. The smallest absolute Gasteiger partial charge is 0.144 e. The van der Waals surface area contributed by atoms with Crippen LogP contribution in [-0.4, -0.2) is 23.1 Å². The van der Waals surface area contributed by atoms with Crippen LogP contribution in [0.1, 0.15) is 37.1 Å². The summed E-state index contributed by atoms with van der Waals surface area (Å²) in [6, 6.07) is 0. The van der Waals surface area contributed by atoms with Crippen molar-refractivity contribution in [2.24, 2.45) is 11.1 Å². The lowest BCUT2D eigenvalue weighted by atomic mass is 9.86. The third-order valence-electron chi connectivity index (χ3n) is 3.93. The van der Waals surface area contributed by atoms with Crippen LogP contribution in [-0.2, 0) is 0 Å². The van der Waals surface area contributed by atoms with E-state index in [1.54, 1.807) is 0 Å². The fourth-order valence-electron chi connectivity index (χ4n) is 2.48. The maximum Gasteiger partial charge on any atom is 0.144 e. The highest BCUT2D eigenvalue weighted by atomic mass is 15.0. The van der Waals surface area contributed by atoms with E-state index < -0.39 is 0 Å². The maximum atomic E-state index is 5.91. The molecule has 1 aliphatic rings. The van der Waals surface area contributed by atoms with Crippen molar-refractivity contribution in [2.75, 3.05) is 18.4 Å². The number of aryl methyl sites for hydroxylation is 2. The lowest BCUT2D eigenvalue weighted by Gasteiger charge is -2.27. The van der Waals surface area contributed by atoms with Crippen molar-refractivity contribution in [1.29, 1.82) is 0 Å². The number of nitrogens with one attached hydrogen (secondary N) is 1. The zero-order chi connectivity index (χ0) is 12.3. The predicted octanol–water partition coefficient (Wildman–Crippen LogP) is 2.02. The molecule has 0 aromatic carbocycles. The Morgan fingerprint density at radius 1 is 1.29 bits per heavy atom. The average Bonchev–Trinajstić information content (AvgIpc) is 2.80. The Morgan fingerprint density at radius 3 is 2.59 bits per heavy atom. The second kappa shape index (κ2) is 5.00. The molecule has 0 aliphatic heterocycles. The summed E-state index contributed by atoms with van der Waals surface area (Å²) >= 11 is 0. The summed E-state index contributed by atoms with van der Waals surface area (Å²) in [5.74, 6) is 0.868. The fourth-order valence-corrected chi connectivity index (χ4v) is 2.48. The van der Waals surface area contributed by atoms with Gasteiger partial charge in [0.2, 0.25) is 0 Å². The van der Waals surface area contributed by atoms with Gasteiger partial charge in [-0.2, -0.15) is 0 Å².